The van der Waals surface area contributed by atoms with Crippen molar-refractivity contribution in [1.82, 2.24) is 19.8 Å². The van der Waals surface area contributed by atoms with Crippen LogP contribution in [0.25, 0.3) is 0 Å². The van der Waals surface area contributed by atoms with E-state index < -0.39 is 13.1 Å². The van der Waals surface area contributed by atoms with E-state index in [2.05, 4.69) is 9.97 Å². The summed E-state index contributed by atoms with van der Waals surface area (Å²) in [7, 11) is 5.99. The largest absolute Gasteiger partial charge is 0.585 e. The second-order valence-corrected chi connectivity index (χ2v) is 5.09. The van der Waals surface area contributed by atoms with E-state index in [9.17, 15) is 9.59 Å². The number of aromatic nitrogens is 2. The van der Waals surface area contributed by atoms with Crippen LogP contribution in [0.5, 0.6) is 0 Å². The van der Waals surface area contributed by atoms with E-state index in [1.54, 1.807) is 13.2 Å². The van der Waals surface area contributed by atoms with Crippen LogP contribution >= 0.6 is 0 Å². The van der Waals surface area contributed by atoms with Crippen molar-refractivity contribution in [3.05, 3.63) is 18.1 Å². The highest BCUT2D eigenvalue weighted by atomic mass is 16.6. The van der Waals surface area contributed by atoms with Crippen LogP contribution in [-0.4, -0.2) is 80.5 Å². The van der Waals surface area contributed by atoms with Gasteiger partial charge >= 0.3 is 13.1 Å². The minimum absolute atomic E-state index is 0.0105. The normalized spacial score (nSPS) is 10.8. The molecule has 8 nitrogen and oxygen atoms in total. The molecule has 0 spiro atoms. The molecule has 0 fully saturated rings. The summed E-state index contributed by atoms with van der Waals surface area (Å²) in [6, 6.07) is 0. The van der Waals surface area contributed by atoms with Gasteiger partial charge in [-0.2, -0.15) is 0 Å². The number of carbonyl (C=O) groups is 2. The molecular weight excluding hydrogens is 287 g/mol. The Kier molecular flexibility index (Phi) is 7.65. The van der Waals surface area contributed by atoms with Gasteiger partial charge in [-0.15, -0.1) is 0 Å². The van der Waals surface area contributed by atoms with E-state index >= 15 is 0 Å². The van der Waals surface area contributed by atoms with E-state index in [0.29, 0.717) is 12.1 Å². The number of carbonyl (C=O) groups excluding carboxylic acids is 2. The molecule has 1 heterocycles. The summed E-state index contributed by atoms with van der Waals surface area (Å²) in [5.74, 6) is -0.504. The molecule has 120 valence electrons. The molecule has 0 atom stereocenters. The molecule has 0 saturated carbocycles. The van der Waals surface area contributed by atoms with Gasteiger partial charge in [0.25, 0.3) is 0 Å². The monoisotopic (exact) mass is 308 g/mol. The summed E-state index contributed by atoms with van der Waals surface area (Å²) in [6.07, 6.45) is 3.86. The average molecular weight is 308 g/mol. The third-order valence-corrected chi connectivity index (χ3v) is 2.66. The van der Waals surface area contributed by atoms with Gasteiger partial charge in [0.15, 0.2) is 0 Å². The Balaban J connectivity index is 2.70. The van der Waals surface area contributed by atoms with E-state index in [1.165, 1.54) is 18.2 Å². The number of likely N-dealkylation sites (N-methyl/N-ethyl adjacent to an activating group) is 1. The van der Waals surface area contributed by atoms with Crippen molar-refractivity contribution in [3.8, 4) is 0 Å². The minimum atomic E-state index is -0.924. The second-order valence-electron chi connectivity index (χ2n) is 5.09. The third-order valence-electron chi connectivity index (χ3n) is 2.66. The molecule has 0 aromatic carbocycles. The molecule has 22 heavy (non-hydrogen) atoms. The first-order chi connectivity index (χ1) is 10.5. The Hall–Kier alpha value is -1.84. The lowest BCUT2D eigenvalue weighted by Gasteiger charge is -2.16. The summed E-state index contributed by atoms with van der Waals surface area (Å²) in [5.41, 5.74) is 1.17. The fourth-order valence-corrected chi connectivity index (χ4v) is 1.74. The Bertz CT molecular complexity index is 501. The van der Waals surface area contributed by atoms with Gasteiger partial charge in [-0.1, -0.05) is 0 Å². The van der Waals surface area contributed by atoms with Gasteiger partial charge in [0.05, 0.1) is 18.8 Å². The van der Waals surface area contributed by atoms with E-state index in [1.807, 2.05) is 19.0 Å². The zero-order valence-electron chi connectivity index (χ0n) is 13.4. The zero-order chi connectivity index (χ0) is 16.5. The van der Waals surface area contributed by atoms with Crippen LogP contribution in [-0.2, 0) is 25.4 Å². The topological polar surface area (TPSA) is 84.9 Å². The van der Waals surface area contributed by atoms with Crippen molar-refractivity contribution in [2.45, 2.75) is 6.54 Å². The average Bonchev–Trinajstić information content (AvgIpc) is 2.44. The molecule has 0 aliphatic rings. The minimum Gasteiger partial charge on any atom is -0.504 e. The summed E-state index contributed by atoms with van der Waals surface area (Å²) < 4.78 is 10.4. The molecular formula is C13H21BN4O4. The lowest BCUT2D eigenvalue weighted by Crippen LogP contribution is -2.43. The molecule has 1 rings (SSSR count). The molecule has 0 saturated heterocycles. The smallest absolute Gasteiger partial charge is 0.504 e. The van der Waals surface area contributed by atoms with Gasteiger partial charge in [-0.3, -0.25) is 19.7 Å². The van der Waals surface area contributed by atoms with Gasteiger partial charge in [0.2, 0.25) is 0 Å². The van der Waals surface area contributed by atoms with E-state index in [0.717, 1.165) is 12.0 Å². The van der Waals surface area contributed by atoms with Crippen LogP contribution in [0, 0.1) is 0 Å². The molecule has 9 heteroatoms. The molecule has 0 aliphatic carbocycles. The summed E-state index contributed by atoms with van der Waals surface area (Å²) >= 11 is 0. The van der Waals surface area contributed by atoms with Gasteiger partial charge < -0.3 is 19.0 Å². The van der Waals surface area contributed by atoms with E-state index in [4.69, 9.17) is 9.31 Å². The van der Waals surface area contributed by atoms with Crippen molar-refractivity contribution >= 4 is 25.0 Å². The molecule has 0 N–H and O–H groups in total. The number of hydrogen-bond donors (Lipinski definition) is 0. The molecule has 0 unspecified atom stereocenters. The predicted octanol–water partition coefficient (Wildman–Crippen LogP) is -1.45. The number of nitrogens with zero attached hydrogens (tertiary/aromatic N) is 4. The zero-order valence-corrected chi connectivity index (χ0v) is 13.4. The van der Waals surface area contributed by atoms with Crippen molar-refractivity contribution in [1.29, 1.82) is 0 Å². The van der Waals surface area contributed by atoms with Crippen molar-refractivity contribution in [3.63, 3.8) is 0 Å². The summed E-state index contributed by atoms with van der Waals surface area (Å²) in [5, 5.41) is 0. The van der Waals surface area contributed by atoms with Gasteiger partial charge in [0, 0.05) is 26.0 Å². The van der Waals surface area contributed by atoms with E-state index in [-0.39, 0.29) is 13.1 Å². The number of aldehydes is 1. The highest BCUT2D eigenvalue weighted by Crippen LogP contribution is 1.96. The number of rotatable bonds is 9. The third kappa shape index (κ3) is 6.29. The summed E-state index contributed by atoms with van der Waals surface area (Å²) in [6.45, 7) is 0.765. The Morgan fingerprint density at radius 3 is 2.68 bits per heavy atom. The lowest BCUT2D eigenvalue weighted by molar-refractivity contribution is -0.136. The van der Waals surface area contributed by atoms with Crippen LogP contribution in [0.15, 0.2) is 12.4 Å². The molecule has 0 aliphatic heterocycles. The molecule has 0 radical (unpaired) electrons. The molecule has 1 aromatic rings. The first-order valence-electron chi connectivity index (χ1n) is 6.76. The maximum atomic E-state index is 11.8. The standard InChI is InChI=1S/C13H21BN4O4/c1-17(2)9-11-7-15-8-12(16-11)14(21-4)22-13(20)10-18(3)5-6-19/h6-8H,5,9-10H2,1-4H3. The SMILES string of the molecule is COB(OC(=O)CN(C)CC=O)c1cncc(CN(C)C)n1. The molecule has 0 bridgehead atoms. The Labute approximate surface area is 130 Å². The summed E-state index contributed by atoms with van der Waals surface area (Å²) in [4.78, 5) is 34.2. The quantitative estimate of drug-likeness (QED) is 0.405. The Morgan fingerprint density at radius 2 is 2.09 bits per heavy atom. The second kappa shape index (κ2) is 9.24. The Morgan fingerprint density at radius 1 is 1.36 bits per heavy atom. The first-order valence-corrected chi connectivity index (χ1v) is 6.76. The van der Waals surface area contributed by atoms with Crippen LogP contribution < -0.4 is 5.59 Å². The predicted molar refractivity (Wildman–Crippen MR) is 81.5 cm³/mol. The number of hydrogen-bond acceptors (Lipinski definition) is 8. The van der Waals surface area contributed by atoms with Gasteiger partial charge in [-0.25, -0.2) is 0 Å². The van der Waals surface area contributed by atoms with Crippen molar-refractivity contribution in [2.75, 3.05) is 41.3 Å². The lowest BCUT2D eigenvalue weighted by atomic mass is 9.85. The van der Waals surface area contributed by atoms with Crippen LogP contribution in [0.3, 0.4) is 0 Å². The highest BCUT2D eigenvalue weighted by molar-refractivity contribution is 6.61. The van der Waals surface area contributed by atoms with Crippen LogP contribution in [0.1, 0.15) is 5.69 Å². The van der Waals surface area contributed by atoms with Crippen LogP contribution in [0.4, 0.5) is 0 Å². The highest BCUT2D eigenvalue weighted by Gasteiger charge is 2.27. The molecule has 0 amide bonds. The maximum absolute atomic E-state index is 11.8. The van der Waals surface area contributed by atoms with Crippen molar-refractivity contribution < 1.29 is 18.9 Å². The van der Waals surface area contributed by atoms with Gasteiger partial charge in [-0.05, 0) is 21.1 Å². The van der Waals surface area contributed by atoms with Crippen LogP contribution in [0.2, 0.25) is 0 Å². The molecule has 1 aromatic heterocycles. The maximum Gasteiger partial charge on any atom is 0.585 e. The fourth-order valence-electron chi connectivity index (χ4n) is 1.74. The first kappa shape index (κ1) is 18.2. The van der Waals surface area contributed by atoms with Crippen molar-refractivity contribution in [2.24, 2.45) is 0 Å². The fraction of sp³-hybridized carbons (Fsp3) is 0.538. The van der Waals surface area contributed by atoms with Gasteiger partial charge in [0.1, 0.15) is 11.9 Å².